The van der Waals surface area contributed by atoms with Crippen molar-refractivity contribution in [1.29, 1.82) is 0 Å². The van der Waals surface area contributed by atoms with Gasteiger partial charge >= 0.3 is 6.18 Å². The van der Waals surface area contributed by atoms with Gasteiger partial charge in [-0.3, -0.25) is 0 Å². The van der Waals surface area contributed by atoms with Crippen LogP contribution in [0.25, 0.3) is 0 Å². The maximum Gasteiger partial charge on any atom is 0.418 e. The summed E-state index contributed by atoms with van der Waals surface area (Å²) in [7, 11) is -1.70. The van der Waals surface area contributed by atoms with Crippen LogP contribution < -0.4 is 0 Å². The van der Waals surface area contributed by atoms with Crippen molar-refractivity contribution in [2.45, 2.75) is 58.1 Å². The van der Waals surface area contributed by atoms with Crippen LogP contribution in [0.15, 0.2) is 0 Å². The van der Waals surface area contributed by atoms with E-state index in [1.807, 2.05) is 19.6 Å². The van der Waals surface area contributed by atoms with E-state index in [9.17, 15) is 18.3 Å². The largest absolute Gasteiger partial charge is 0.418 e. The zero-order valence-electron chi connectivity index (χ0n) is 11.1. The number of halogens is 3. The molecule has 17 heavy (non-hydrogen) atoms. The molecule has 0 aromatic rings. The molecular formula is C12H21F3OSi. The van der Waals surface area contributed by atoms with Crippen molar-refractivity contribution in [3.63, 3.8) is 0 Å². The van der Waals surface area contributed by atoms with E-state index in [0.717, 1.165) is 0 Å². The van der Waals surface area contributed by atoms with Crippen LogP contribution in [0, 0.1) is 17.4 Å². The molecule has 0 aliphatic rings. The van der Waals surface area contributed by atoms with Crippen molar-refractivity contribution >= 4 is 8.07 Å². The van der Waals surface area contributed by atoms with Crippen LogP contribution in [0.1, 0.15) is 26.7 Å². The summed E-state index contributed by atoms with van der Waals surface area (Å²) >= 11 is 0. The Bertz CT molecular complexity index is 306. The highest BCUT2D eigenvalue weighted by atomic mass is 28.3. The van der Waals surface area contributed by atoms with E-state index in [1.165, 1.54) is 0 Å². The topological polar surface area (TPSA) is 20.2 Å². The van der Waals surface area contributed by atoms with Crippen molar-refractivity contribution < 1.29 is 18.3 Å². The summed E-state index contributed by atoms with van der Waals surface area (Å²) in [6.45, 7) is 9.17. The third kappa shape index (κ3) is 6.13. The van der Waals surface area contributed by atoms with Crippen LogP contribution in [0.3, 0.4) is 0 Å². The average Bonchev–Trinajstić information content (AvgIpc) is 1.96. The molecule has 5 heteroatoms. The summed E-state index contributed by atoms with van der Waals surface area (Å²) in [4.78, 5) is 0. The maximum atomic E-state index is 12.8. The third-order valence-corrected chi connectivity index (χ3v) is 3.04. The zero-order chi connectivity index (χ0) is 13.9. The Morgan fingerprint density at radius 2 is 1.65 bits per heavy atom. The highest BCUT2D eigenvalue weighted by Gasteiger charge is 2.53. The molecule has 0 amide bonds. The predicted octanol–water partition coefficient (Wildman–Crippen LogP) is 3.60. The van der Waals surface area contributed by atoms with E-state index in [2.05, 4.69) is 11.5 Å². The molecule has 0 aromatic carbocycles. The fourth-order valence-electron chi connectivity index (χ4n) is 1.42. The summed E-state index contributed by atoms with van der Waals surface area (Å²) in [6.07, 6.45) is -5.46. The van der Waals surface area contributed by atoms with E-state index in [4.69, 9.17) is 0 Å². The molecule has 0 radical (unpaired) electrons. The second kappa shape index (κ2) is 5.45. The van der Waals surface area contributed by atoms with Crippen molar-refractivity contribution in [2.75, 3.05) is 0 Å². The fourth-order valence-corrected chi connectivity index (χ4v) is 2.04. The van der Waals surface area contributed by atoms with Crippen LogP contribution >= 0.6 is 0 Å². The van der Waals surface area contributed by atoms with Gasteiger partial charge in [-0.15, -0.1) is 11.5 Å². The summed E-state index contributed by atoms with van der Waals surface area (Å²) in [6, 6.07) is 0. The molecule has 0 unspecified atom stereocenters. The van der Waals surface area contributed by atoms with Crippen molar-refractivity contribution in [3.05, 3.63) is 0 Å². The van der Waals surface area contributed by atoms with Gasteiger partial charge in [-0.05, 0) is 12.3 Å². The average molecular weight is 266 g/mol. The monoisotopic (exact) mass is 266 g/mol. The Balaban J connectivity index is 4.90. The molecule has 1 atom stereocenters. The van der Waals surface area contributed by atoms with Crippen LogP contribution in [-0.4, -0.2) is 25.0 Å². The lowest BCUT2D eigenvalue weighted by molar-refractivity contribution is -0.263. The van der Waals surface area contributed by atoms with Gasteiger partial charge in [0.1, 0.15) is 8.07 Å². The highest BCUT2D eigenvalue weighted by molar-refractivity contribution is 6.83. The zero-order valence-corrected chi connectivity index (χ0v) is 12.1. The first-order valence-corrected chi connectivity index (χ1v) is 9.16. The first-order chi connectivity index (χ1) is 7.37. The minimum atomic E-state index is -4.62. The Kier molecular flexibility index (Phi) is 5.30. The first kappa shape index (κ1) is 16.5. The molecule has 1 N–H and O–H groups in total. The molecule has 0 spiro atoms. The van der Waals surface area contributed by atoms with Gasteiger partial charge in [0.05, 0.1) is 0 Å². The molecule has 0 aromatic heterocycles. The summed E-state index contributed by atoms with van der Waals surface area (Å²) in [5, 5.41) is 9.70. The number of aliphatic hydroxyl groups is 1. The lowest BCUT2D eigenvalue weighted by atomic mass is 9.89. The van der Waals surface area contributed by atoms with E-state index in [0.29, 0.717) is 0 Å². The van der Waals surface area contributed by atoms with Gasteiger partial charge < -0.3 is 5.11 Å². The van der Waals surface area contributed by atoms with Crippen LogP contribution in [0.2, 0.25) is 19.6 Å². The predicted molar refractivity (Wildman–Crippen MR) is 66.2 cm³/mol. The van der Waals surface area contributed by atoms with Crippen LogP contribution in [0.5, 0.6) is 0 Å². The molecule has 100 valence electrons. The van der Waals surface area contributed by atoms with Crippen LogP contribution in [0.4, 0.5) is 13.2 Å². The minimum absolute atomic E-state index is 0.227. The smallest absolute Gasteiger partial charge is 0.380 e. The van der Waals surface area contributed by atoms with E-state index in [1.54, 1.807) is 13.8 Å². The summed E-state index contributed by atoms with van der Waals surface area (Å²) < 4.78 is 38.3. The minimum Gasteiger partial charge on any atom is -0.380 e. The van der Waals surface area contributed by atoms with Gasteiger partial charge in [-0.1, -0.05) is 33.5 Å². The van der Waals surface area contributed by atoms with Gasteiger partial charge in [0, 0.05) is 6.42 Å². The van der Waals surface area contributed by atoms with E-state index in [-0.39, 0.29) is 12.3 Å². The second-order valence-electron chi connectivity index (χ2n) is 5.86. The molecule has 0 aliphatic carbocycles. The molecule has 1 nitrogen and oxygen atoms in total. The van der Waals surface area contributed by atoms with Gasteiger partial charge in [-0.25, -0.2) is 0 Å². The van der Waals surface area contributed by atoms with Crippen molar-refractivity contribution in [2.24, 2.45) is 5.92 Å². The van der Waals surface area contributed by atoms with E-state index >= 15 is 0 Å². The number of hydrogen-bond acceptors (Lipinski definition) is 1. The standard InChI is InChI=1S/C12H21F3OSi/c1-10(2)9-11(16,12(13,14)15)7-6-8-17(3,4)5/h10,16H,7,9H2,1-5H3/t11-/m0/s1. The Hall–Kier alpha value is -0.473. The number of alkyl halides is 3. The number of rotatable bonds is 3. The molecule has 0 saturated carbocycles. The van der Waals surface area contributed by atoms with Crippen LogP contribution in [-0.2, 0) is 0 Å². The third-order valence-electron chi connectivity index (χ3n) is 2.12. The van der Waals surface area contributed by atoms with Gasteiger partial charge in [0.2, 0.25) is 0 Å². The molecule has 0 saturated heterocycles. The normalized spacial score (nSPS) is 16.4. The summed E-state index contributed by atoms with van der Waals surface area (Å²) in [5.41, 5.74) is 0.179. The van der Waals surface area contributed by atoms with Crippen molar-refractivity contribution in [1.82, 2.24) is 0 Å². The van der Waals surface area contributed by atoms with Gasteiger partial charge in [0.25, 0.3) is 0 Å². The SMILES string of the molecule is CC(C)C[C@@](O)(CC#C[Si](C)(C)C)C(F)(F)F. The molecule has 0 bridgehead atoms. The highest BCUT2D eigenvalue weighted by Crippen LogP contribution is 2.37. The Morgan fingerprint density at radius 3 is 1.94 bits per heavy atom. The molecule has 0 rings (SSSR count). The van der Waals surface area contributed by atoms with E-state index < -0.39 is 26.3 Å². The first-order valence-electron chi connectivity index (χ1n) is 5.66. The molecule has 0 fully saturated rings. The molecular weight excluding hydrogens is 245 g/mol. The molecule has 0 heterocycles. The summed E-state index contributed by atoms with van der Waals surface area (Å²) in [5.74, 6) is 2.29. The molecule has 0 aliphatic heterocycles. The number of hydrogen-bond donors (Lipinski definition) is 1. The lowest BCUT2D eigenvalue weighted by Crippen LogP contribution is -2.46. The second-order valence-corrected chi connectivity index (χ2v) is 10.6. The Labute approximate surface area is 102 Å². The Morgan fingerprint density at radius 1 is 1.18 bits per heavy atom. The van der Waals surface area contributed by atoms with Gasteiger partial charge in [0.15, 0.2) is 5.60 Å². The quantitative estimate of drug-likeness (QED) is 0.611. The van der Waals surface area contributed by atoms with Crippen molar-refractivity contribution in [3.8, 4) is 11.5 Å². The lowest BCUT2D eigenvalue weighted by Gasteiger charge is -2.30. The maximum absolute atomic E-state index is 12.8. The fraction of sp³-hybridized carbons (Fsp3) is 0.833. The van der Waals surface area contributed by atoms with Gasteiger partial charge in [-0.2, -0.15) is 13.2 Å².